The second-order valence-electron chi connectivity index (χ2n) is 5.93. The molecule has 3 heterocycles. The number of imidazole rings is 1. The van der Waals surface area contributed by atoms with Gasteiger partial charge in [-0.3, -0.25) is 4.57 Å². The summed E-state index contributed by atoms with van der Waals surface area (Å²) in [6.07, 6.45) is -1.48. The predicted octanol–water partition coefficient (Wildman–Crippen LogP) is 1.48. The van der Waals surface area contributed by atoms with Crippen LogP contribution in [0.25, 0.3) is 11.2 Å². The van der Waals surface area contributed by atoms with E-state index in [1.165, 1.54) is 23.0 Å². The monoisotopic (exact) mass is 379 g/mol. The fraction of sp³-hybridized carbons (Fsp3) is 0.312. The molecule has 1 aliphatic rings. The lowest BCUT2D eigenvalue weighted by Crippen LogP contribution is -2.28. The van der Waals surface area contributed by atoms with Crippen LogP contribution in [-0.2, 0) is 11.3 Å². The summed E-state index contributed by atoms with van der Waals surface area (Å²) in [4.78, 5) is 12.5. The molecule has 1 aliphatic heterocycles. The Morgan fingerprint density at radius 2 is 2.19 bits per heavy atom. The van der Waals surface area contributed by atoms with E-state index in [1.807, 2.05) is 0 Å². The molecule has 136 valence electrons. The smallest absolute Gasteiger partial charge is 0.226 e. The maximum absolute atomic E-state index is 13.3. The number of aliphatic hydroxyl groups excluding tert-OH is 2. The van der Waals surface area contributed by atoms with E-state index in [0.29, 0.717) is 23.5 Å². The van der Waals surface area contributed by atoms with Gasteiger partial charge in [0.25, 0.3) is 0 Å². The van der Waals surface area contributed by atoms with Gasteiger partial charge in [0.1, 0.15) is 18.0 Å². The molecule has 1 aromatic carbocycles. The minimum Gasteiger partial charge on any atom is -0.388 e. The Balaban J connectivity index is 1.66. The molecular formula is C16H15ClFN5O3. The van der Waals surface area contributed by atoms with E-state index in [1.54, 1.807) is 12.1 Å². The number of benzene rings is 1. The van der Waals surface area contributed by atoms with E-state index in [9.17, 15) is 14.6 Å². The van der Waals surface area contributed by atoms with Gasteiger partial charge in [0.2, 0.25) is 5.28 Å². The number of rotatable bonds is 4. The molecule has 2 aromatic heterocycles. The third-order valence-corrected chi connectivity index (χ3v) is 4.31. The molecule has 0 saturated carbocycles. The summed E-state index contributed by atoms with van der Waals surface area (Å²) < 4.78 is 20.2. The van der Waals surface area contributed by atoms with Crippen LogP contribution in [0.2, 0.25) is 5.28 Å². The average molecular weight is 380 g/mol. The van der Waals surface area contributed by atoms with Gasteiger partial charge in [-0.15, -0.1) is 0 Å². The van der Waals surface area contributed by atoms with Crippen molar-refractivity contribution in [2.24, 2.45) is 0 Å². The summed E-state index contributed by atoms with van der Waals surface area (Å²) in [7, 11) is 0. The normalized spacial score (nSPS) is 22.8. The lowest BCUT2D eigenvalue weighted by Gasteiger charge is -2.16. The van der Waals surface area contributed by atoms with Crippen LogP contribution >= 0.6 is 11.6 Å². The van der Waals surface area contributed by atoms with Gasteiger partial charge in [-0.05, 0) is 29.3 Å². The quantitative estimate of drug-likeness (QED) is 0.589. The summed E-state index contributed by atoms with van der Waals surface area (Å²) in [5, 5.41) is 22.8. The number of hydrogen-bond donors (Lipinski definition) is 3. The lowest BCUT2D eigenvalue weighted by atomic mass is 10.2. The van der Waals surface area contributed by atoms with Crippen molar-refractivity contribution >= 4 is 28.6 Å². The van der Waals surface area contributed by atoms with E-state index in [-0.39, 0.29) is 17.7 Å². The van der Waals surface area contributed by atoms with E-state index < -0.39 is 18.4 Å². The molecule has 0 unspecified atom stereocenters. The molecule has 26 heavy (non-hydrogen) atoms. The van der Waals surface area contributed by atoms with E-state index >= 15 is 0 Å². The fourth-order valence-corrected chi connectivity index (χ4v) is 3.03. The van der Waals surface area contributed by atoms with Gasteiger partial charge in [-0.25, -0.2) is 9.37 Å². The summed E-state index contributed by atoms with van der Waals surface area (Å²) in [5.41, 5.74) is 1.50. The minimum atomic E-state index is -1.11. The van der Waals surface area contributed by atoms with Crippen LogP contribution in [0.3, 0.4) is 0 Å². The topological polar surface area (TPSA) is 105 Å². The van der Waals surface area contributed by atoms with Crippen LogP contribution in [0.5, 0.6) is 0 Å². The third-order valence-electron chi connectivity index (χ3n) is 4.14. The highest BCUT2D eigenvalue weighted by Crippen LogP contribution is 2.29. The van der Waals surface area contributed by atoms with Crippen molar-refractivity contribution < 1.29 is 19.3 Å². The van der Waals surface area contributed by atoms with Crippen molar-refractivity contribution in [2.75, 3.05) is 11.9 Å². The predicted molar refractivity (Wildman–Crippen MR) is 91.1 cm³/mol. The van der Waals surface area contributed by atoms with Gasteiger partial charge in [0.15, 0.2) is 23.2 Å². The standard InChI is InChI=1S/C16H15ClFN5O3/c17-16-21-13(19-5-8-2-1-3-9(18)4-8)11-14(22-16)23(7-20-11)15-12(25)10(24)6-26-15/h1-4,7,10,12,15,24-25H,5-6H2,(H,19,21,22)/t10-,12-,15-/m1/s1. The number of nitrogens with one attached hydrogen (secondary N) is 1. The molecule has 3 atom stereocenters. The van der Waals surface area contributed by atoms with Crippen molar-refractivity contribution in [3.05, 3.63) is 47.3 Å². The molecule has 3 N–H and O–H groups in total. The van der Waals surface area contributed by atoms with Crippen molar-refractivity contribution in [2.45, 2.75) is 25.0 Å². The van der Waals surface area contributed by atoms with E-state index in [2.05, 4.69) is 20.3 Å². The SMILES string of the molecule is O[C@@H]1[C@H](O)CO[C@H]1n1cnc2c(NCc3cccc(F)c3)nc(Cl)nc21. The lowest BCUT2D eigenvalue weighted by molar-refractivity contribution is -0.0162. The summed E-state index contributed by atoms with van der Waals surface area (Å²) in [6.45, 7) is 0.323. The first kappa shape index (κ1) is 17.1. The third kappa shape index (κ3) is 3.10. The zero-order chi connectivity index (χ0) is 18.3. The zero-order valence-electron chi connectivity index (χ0n) is 13.4. The zero-order valence-corrected chi connectivity index (χ0v) is 14.1. The van der Waals surface area contributed by atoms with Gasteiger partial charge >= 0.3 is 0 Å². The molecule has 0 aliphatic carbocycles. The van der Waals surface area contributed by atoms with Crippen molar-refractivity contribution in [1.82, 2.24) is 19.5 Å². The highest BCUT2D eigenvalue weighted by Gasteiger charge is 2.37. The summed E-state index contributed by atoms with van der Waals surface area (Å²) >= 11 is 6.02. The first-order valence-corrected chi connectivity index (χ1v) is 8.27. The Kier molecular flexibility index (Phi) is 4.45. The maximum Gasteiger partial charge on any atom is 0.226 e. The first-order chi connectivity index (χ1) is 12.5. The summed E-state index contributed by atoms with van der Waals surface area (Å²) in [5.74, 6) is 0.0430. The van der Waals surface area contributed by atoms with Gasteiger partial charge in [-0.2, -0.15) is 9.97 Å². The van der Waals surface area contributed by atoms with Gasteiger partial charge < -0.3 is 20.3 Å². The van der Waals surface area contributed by atoms with Crippen molar-refractivity contribution in [3.63, 3.8) is 0 Å². The molecular weight excluding hydrogens is 365 g/mol. The molecule has 0 bridgehead atoms. The van der Waals surface area contributed by atoms with Crippen LogP contribution in [0.15, 0.2) is 30.6 Å². The van der Waals surface area contributed by atoms with E-state index in [4.69, 9.17) is 16.3 Å². The number of anilines is 1. The first-order valence-electron chi connectivity index (χ1n) is 7.89. The number of nitrogens with zero attached hydrogens (tertiary/aromatic N) is 4. The maximum atomic E-state index is 13.3. The Morgan fingerprint density at radius 3 is 2.92 bits per heavy atom. The molecule has 0 radical (unpaired) electrons. The molecule has 0 spiro atoms. The van der Waals surface area contributed by atoms with Crippen LogP contribution < -0.4 is 5.32 Å². The van der Waals surface area contributed by atoms with Crippen LogP contribution in [0, 0.1) is 5.82 Å². The molecule has 8 nitrogen and oxygen atoms in total. The molecule has 10 heteroatoms. The Bertz CT molecular complexity index is 953. The van der Waals surface area contributed by atoms with Crippen molar-refractivity contribution in [3.8, 4) is 0 Å². The second-order valence-corrected chi connectivity index (χ2v) is 6.27. The van der Waals surface area contributed by atoms with Crippen LogP contribution in [-0.4, -0.2) is 48.5 Å². The molecule has 4 rings (SSSR count). The average Bonchev–Trinajstić information content (AvgIpc) is 3.17. The molecule has 1 fully saturated rings. The number of fused-ring (bicyclic) bond motifs is 1. The largest absolute Gasteiger partial charge is 0.388 e. The second kappa shape index (κ2) is 6.76. The minimum absolute atomic E-state index is 0.00893. The molecule has 0 amide bonds. The van der Waals surface area contributed by atoms with Crippen molar-refractivity contribution in [1.29, 1.82) is 0 Å². The highest BCUT2D eigenvalue weighted by atomic mass is 35.5. The molecule has 1 saturated heterocycles. The fourth-order valence-electron chi connectivity index (χ4n) is 2.86. The Hall–Kier alpha value is -2.33. The number of aliphatic hydroxyl groups is 2. The van der Waals surface area contributed by atoms with Gasteiger partial charge in [-0.1, -0.05) is 12.1 Å². The number of ether oxygens (including phenoxy) is 1. The number of halogens is 2. The van der Waals surface area contributed by atoms with Gasteiger partial charge in [0, 0.05) is 6.54 Å². The highest BCUT2D eigenvalue weighted by molar-refractivity contribution is 6.28. The molecule has 3 aromatic rings. The Labute approximate surface area is 152 Å². The number of aromatic nitrogens is 4. The Morgan fingerprint density at radius 1 is 1.35 bits per heavy atom. The van der Waals surface area contributed by atoms with Gasteiger partial charge in [0.05, 0.1) is 12.9 Å². The van der Waals surface area contributed by atoms with Crippen LogP contribution in [0.4, 0.5) is 10.2 Å². The van der Waals surface area contributed by atoms with E-state index in [0.717, 1.165) is 5.56 Å². The van der Waals surface area contributed by atoms with Crippen LogP contribution in [0.1, 0.15) is 11.8 Å². The number of hydrogen-bond acceptors (Lipinski definition) is 7. The summed E-state index contributed by atoms with van der Waals surface area (Å²) in [6, 6.07) is 6.18.